The lowest BCUT2D eigenvalue weighted by Crippen LogP contribution is -2.39. The second-order valence-electron chi connectivity index (χ2n) is 5.61. The number of carbonyl (C=O) groups excluding carboxylic acids is 1. The average Bonchev–Trinajstić information content (AvgIpc) is 2.60. The highest BCUT2D eigenvalue weighted by molar-refractivity contribution is 6.31. The molecule has 2 heterocycles. The summed E-state index contributed by atoms with van der Waals surface area (Å²) in [6.45, 7) is 1.37. The summed E-state index contributed by atoms with van der Waals surface area (Å²) in [4.78, 5) is 18.5. The number of piperidine rings is 1. The highest BCUT2D eigenvalue weighted by Crippen LogP contribution is 2.28. The predicted molar refractivity (Wildman–Crippen MR) is 88.4 cm³/mol. The van der Waals surface area contributed by atoms with Crippen LogP contribution in [0.2, 0.25) is 5.02 Å². The molecule has 1 fully saturated rings. The first-order chi connectivity index (χ1) is 11.1. The molecule has 0 amide bonds. The molecule has 23 heavy (non-hydrogen) atoms. The summed E-state index contributed by atoms with van der Waals surface area (Å²) in [6.07, 6.45) is 1.71. The van der Waals surface area contributed by atoms with Crippen molar-refractivity contribution < 1.29 is 9.53 Å². The standard InChI is InChI=1S/C17H16ClN3O2/c1-23-17(22)11-3-2-6-21(10-11)16-7-12(9-19)14-8-13(18)4-5-15(14)20-16/h4-5,7-8,11H,2-3,6,10H2,1H3. The van der Waals surface area contributed by atoms with Crippen molar-refractivity contribution in [2.45, 2.75) is 12.8 Å². The zero-order valence-corrected chi connectivity index (χ0v) is 13.5. The van der Waals surface area contributed by atoms with Gasteiger partial charge in [0.15, 0.2) is 0 Å². The number of aromatic nitrogens is 1. The van der Waals surface area contributed by atoms with Crippen LogP contribution in [0.5, 0.6) is 0 Å². The van der Waals surface area contributed by atoms with Gasteiger partial charge in [-0.05, 0) is 37.1 Å². The van der Waals surface area contributed by atoms with Gasteiger partial charge in [-0.3, -0.25) is 4.79 Å². The fourth-order valence-corrected chi connectivity index (χ4v) is 3.15. The zero-order chi connectivity index (χ0) is 16.4. The van der Waals surface area contributed by atoms with E-state index in [1.165, 1.54) is 7.11 Å². The van der Waals surface area contributed by atoms with Crippen molar-refractivity contribution in [3.05, 3.63) is 34.9 Å². The number of nitriles is 1. The molecule has 0 radical (unpaired) electrons. The smallest absolute Gasteiger partial charge is 0.310 e. The van der Waals surface area contributed by atoms with Gasteiger partial charge >= 0.3 is 5.97 Å². The maximum absolute atomic E-state index is 11.8. The van der Waals surface area contributed by atoms with Gasteiger partial charge in [0.25, 0.3) is 0 Å². The molecule has 3 rings (SSSR count). The molecular formula is C17H16ClN3O2. The van der Waals surface area contributed by atoms with Gasteiger partial charge in [-0.15, -0.1) is 0 Å². The second kappa shape index (κ2) is 6.43. The lowest BCUT2D eigenvalue weighted by molar-refractivity contribution is -0.145. The SMILES string of the molecule is COC(=O)C1CCCN(c2cc(C#N)c3cc(Cl)ccc3n2)C1. The summed E-state index contributed by atoms with van der Waals surface area (Å²) in [5.41, 5.74) is 1.26. The van der Waals surface area contributed by atoms with Crippen molar-refractivity contribution in [2.24, 2.45) is 5.92 Å². The Morgan fingerprint density at radius 2 is 2.30 bits per heavy atom. The lowest BCUT2D eigenvalue weighted by Gasteiger charge is -2.32. The van der Waals surface area contributed by atoms with Crippen LogP contribution in [0.25, 0.3) is 10.9 Å². The molecule has 1 unspecified atom stereocenters. The van der Waals surface area contributed by atoms with Gasteiger partial charge in [-0.1, -0.05) is 11.6 Å². The molecule has 0 spiro atoms. The maximum atomic E-state index is 11.8. The van der Waals surface area contributed by atoms with Crippen molar-refractivity contribution in [1.29, 1.82) is 5.26 Å². The van der Waals surface area contributed by atoms with Crippen molar-refractivity contribution in [1.82, 2.24) is 4.98 Å². The Labute approximate surface area is 139 Å². The minimum Gasteiger partial charge on any atom is -0.469 e. The third-order valence-corrected chi connectivity index (χ3v) is 4.39. The highest BCUT2D eigenvalue weighted by atomic mass is 35.5. The van der Waals surface area contributed by atoms with E-state index in [4.69, 9.17) is 16.3 Å². The Hall–Kier alpha value is -2.32. The molecule has 0 aliphatic carbocycles. The van der Waals surface area contributed by atoms with Gasteiger partial charge in [-0.25, -0.2) is 4.98 Å². The van der Waals surface area contributed by atoms with Gasteiger partial charge in [0.2, 0.25) is 0 Å². The number of benzene rings is 1. The molecule has 0 saturated carbocycles. The fourth-order valence-electron chi connectivity index (χ4n) is 2.98. The molecule has 2 aromatic rings. The van der Waals surface area contributed by atoms with Crippen LogP contribution >= 0.6 is 11.6 Å². The number of hydrogen-bond donors (Lipinski definition) is 0. The number of carbonyl (C=O) groups is 1. The number of rotatable bonds is 2. The van der Waals surface area contributed by atoms with E-state index in [-0.39, 0.29) is 11.9 Å². The van der Waals surface area contributed by atoms with E-state index in [2.05, 4.69) is 11.1 Å². The van der Waals surface area contributed by atoms with Crippen LogP contribution in [-0.4, -0.2) is 31.2 Å². The van der Waals surface area contributed by atoms with E-state index in [0.717, 1.165) is 30.3 Å². The first-order valence-corrected chi connectivity index (χ1v) is 7.83. The molecular weight excluding hydrogens is 314 g/mol. The molecule has 0 N–H and O–H groups in total. The van der Waals surface area contributed by atoms with Crippen LogP contribution in [0.1, 0.15) is 18.4 Å². The normalized spacial score (nSPS) is 17.8. The topological polar surface area (TPSA) is 66.2 Å². The largest absolute Gasteiger partial charge is 0.469 e. The van der Waals surface area contributed by atoms with E-state index in [1.807, 2.05) is 11.0 Å². The summed E-state index contributed by atoms with van der Waals surface area (Å²) < 4.78 is 4.85. The number of pyridine rings is 1. The summed E-state index contributed by atoms with van der Waals surface area (Å²) in [5.74, 6) is 0.370. The van der Waals surface area contributed by atoms with Crippen LogP contribution in [0.4, 0.5) is 5.82 Å². The van der Waals surface area contributed by atoms with E-state index in [1.54, 1.807) is 18.2 Å². The molecule has 1 aliphatic heterocycles. The number of nitrogens with zero attached hydrogens (tertiary/aromatic N) is 3. The summed E-state index contributed by atoms with van der Waals surface area (Å²) in [6, 6.07) is 9.29. The first kappa shape index (κ1) is 15.6. The molecule has 0 bridgehead atoms. The van der Waals surface area contributed by atoms with E-state index in [0.29, 0.717) is 22.9 Å². The molecule has 1 atom stereocenters. The Morgan fingerprint density at radius 1 is 1.48 bits per heavy atom. The summed E-state index contributed by atoms with van der Waals surface area (Å²) in [5, 5.41) is 10.7. The van der Waals surface area contributed by atoms with Crippen molar-refractivity contribution in [3.63, 3.8) is 0 Å². The lowest BCUT2D eigenvalue weighted by atomic mass is 9.98. The first-order valence-electron chi connectivity index (χ1n) is 7.45. The molecule has 1 aromatic carbocycles. The van der Waals surface area contributed by atoms with Gasteiger partial charge in [0.05, 0.1) is 30.2 Å². The van der Waals surface area contributed by atoms with Crippen LogP contribution < -0.4 is 4.90 Å². The van der Waals surface area contributed by atoms with E-state index < -0.39 is 0 Å². The molecule has 1 aliphatic rings. The molecule has 5 nitrogen and oxygen atoms in total. The van der Waals surface area contributed by atoms with E-state index in [9.17, 15) is 10.1 Å². The minimum absolute atomic E-state index is 0.151. The maximum Gasteiger partial charge on any atom is 0.310 e. The summed E-state index contributed by atoms with van der Waals surface area (Å²) >= 11 is 6.01. The Balaban J connectivity index is 1.98. The van der Waals surface area contributed by atoms with Crippen LogP contribution in [0, 0.1) is 17.2 Å². The number of esters is 1. The second-order valence-corrected chi connectivity index (χ2v) is 6.05. The van der Waals surface area contributed by atoms with Crippen molar-refractivity contribution >= 4 is 34.3 Å². The number of ether oxygens (including phenoxy) is 1. The number of hydrogen-bond acceptors (Lipinski definition) is 5. The average molecular weight is 330 g/mol. The number of methoxy groups -OCH3 is 1. The zero-order valence-electron chi connectivity index (χ0n) is 12.8. The molecule has 1 aromatic heterocycles. The van der Waals surface area contributed by atoms with Gasteiger partial charge in [0, 0.05) is 23.5 Å². The monoisotopic (exact) mass is 329 g/mol. The number of halogens is 1. The fraction of sp³-hybridized carbons (Fsp3) is 0.353. The number of fused-ring (bicyclic) bond motifs is 1. The van der Waals surface area contributed by atoms with Crippen molar-refractivity contribution in [2.75, 3.05) is 25.1 Å². The van der Waals surface area contributed by atoms with E-state index >= 15 is 0 Å². The predicted octanol–water partition coefficient (Wildman–Crippen LogP) is 3.15. The van der Waals surface area contributed by atoms with Crippen LogP contribution in [0.3, 0.4) is 0 Å². The Kier molecular flexibility index (Phi) is 4.35. The third-order valence-electron chi connectivity index (χ3n) is 4.16. The van der Waals surface area contributed by atoms with Gasteiger partial charge in [-0.2, -0.15) is 5.26 Å². The van der Waals surface area contributed by atoms with Gasteiger partial charge in [0.1, 0.15) is 5.82 Å². The van der Waals surface area contributed by atoms with Crippen molar-refractivity contribution in [3.8, 4) is 6.07 Å². The van der Waals surface area contributed by atoms with Gasteiger partial charge < -0.3 is 9.64 Å². The Bertz CT molecular complexity index is 800. The Morgan fingerprint density at radius 3 is 3.04 bits per heavy atom. The summed E-state index contributed by atoms with van der Waals surface area (Å²) in [7, 11) is 1.41. The molecule has 118 valence electrons. The number of anilines is 1. The van der Waals surface area contributed by atoms with Crippen LogP contribution in [-0.2, 0) is 9.53 Å². The molecule has 1 saturated heterocycles. The third kappa shape index (κ3) is 3.08. The molecule has 6 heteroatoms. The van der Waals surface area contributed by atoms with Crippen LogP contribution in [0.15, 0.2) is 24.3 Å². The minimum atomic E-state index is -0.192. The highest BCUT2D eigenvalue weighted by Gasteiger charge is 2.27. The quantitative estimate of drug-likeness (QED) is 0.792.